The van der Waals surface area contributed by atoms with Crippen molar-refractivity contribution >= 4 is 56.5 Å². The SMILES string of the molecule is O=C(Oc1ccc(Br)cc1C=NNC(=O)c1[nH]c2ccc(F)cc2c1-c1ccccc1Cl)c1ccco1. The number of fused-ring (bicyclic) bond motifs is 1. The fourth-order valence-corrected chi connectivity index (χ4v) is 4.36. The van der Waals surface area contributed by atoms with Gasteiger partial charge in [-0.25, -0.2) is 14.6 Å². The summed E-state index contributed by atoms with van der Waals surface area (Å²) in [6.45, 7) is 0. The molecule has 0 aliphatic carbocycles. The number of ether oxygens (including phenoxy) is 1. The molecule has 3 aromatic carbocycles. The van der Waals surface area contributed by atoms with Gasteiger partial charge < -0.3 is 14.1 Å². The molecule has 0 saturated heterocycles. The third-order valence-corrected chi connectivity index (χ3v) is 6.22. The van der Waals surface area contributed by atoms with Gasteiger partial charge in [-0.3, -0.25) is 4.79 Å². The van der Waals surface area contributed by atoms with Crippen LogP contribution in [0.5, 0.6) is 5.75 Å². The summed E-state index contributed by atoms with van der Waals surface area (Å²) in [5.74, 6) is -1.45. The van der Waals surface area contributed by atoms with Gasteiger partial charge in [-0.2, -0.15) is 5.10 Å². The normalized spacial score (nSPS) is 11.2. The minimum atomic E-state index is -0.680. The Hall–Kier alpha value is -4.21. The lowest BCUT2D eigenvalue weighted by atomic mass is 10.0. The summed E-state index contributed by atoms with van der Waals surface area (Å²) in [4.78, 5) is 28.5. The van der Waals surface area contributed by atoms with Crippen molar-refractivity contribution in [2.24, 2.45) is 5.10 Å². The van der Waals surface area contributed by atoms with Gasteiger partial charge in [-0.15, -0.1) is 0 Å². The van der Waals surface area contributed by atoms with Crippen LogP contribution in [0.3, 0.4) is 0 Å². The Kier molecular flexibility index (Phi) is 6.89. The molecule has 2 heterocycles. The summed E-state index contributed by atoms with van der Waals surface area (Å²) in [5.41, 5.74) is 4.61. The number of hydrogen-bond acceptors (Lipinski definition) is 5. The third-order valence-electron chi connectivity index (χ3n) is 5.40. The zero-order valence-corrected chi connectivity index (χ0v) is 21.1. The largest absolute Gasteiger partial charge is 0.457 e. The fourth-order valence-electron chi connectivity index (χ4n) is 3.75. The number of aromatic amines is 1. The van der Waals surface area contributed by atoms with E-state index >= 15 is 0 Å². The number of hydrogen-bond donors (Lipinski definition) is 2. The molecular formula is C27H16BrClFN3O4. The monoisotopic (exact) mass is 579 g/mol. The van der Waals surface area contributed by atoms with Crippen molar-refractivity contribution in [3.63, 3.8) is 0 Å². The second-order valence-electron chi connectivity index (χ2n) is 7.79. The Balaban J connectivity index is 1.44. The predicted octanol–water partition coefficient (Wildman–Crippen LogP) is 6.97. The number of esters is 1. The third kappa shape index (κ3) is 5.18. The molecule has 0 spiro atoms. The van der Waals surface area contributed by atoms with E-state index in [4.69, 9.17) is 20.8 Å². The number of carbonyl (C=O) groups excluding carboxylic acids is 2. The van der Waals surface area contributed by atoms with Crippen molar-refractivity contribution < 1.29 is 23.1 Å². The predicted molar refractivity (Wildman–Crippen MR) is 142 cm³/mol. The molecule has 0 aliphatic heterocycles. The van der Waals surface area contributed by atoms with E-state index in [2.05, 4.69) is 31.4 Å². The molecule has 2 N–H and O–H groups in total. The van der Waals surface area contributed by atoms with Gasteiger partial charge in [-0.1, -0.05) is 45.7 Å². The van der Waals surface area contributed by atoms with Crippen molar-refractivity contribution in [1.29, 1.82) is 0 Å². The summed E-state index contributed by atoms with van der Waals surface area (Å²) in [7, 11) is 0. The number of benzene rings is 3. The maximum atomic E-state index is 14.1. The van der Waals surface area contributed by atoms with Crippen LogP contribution in [-0.4, -0.2) is 23.1 Å². The molecule has 5 rings (SSSR count). The van der Waals surface area contributed by atoms with Gasteiger partial charge in [-0.05, 0) is 54.6 Å². The molecule has 0 radical (unpaired) electrons. The van der Waals surface area contributed by atoms with Crippen LogP contribution in [0.2, 0.25) is 5.02 Å². The standard InChI is InChI=1S/C27H16BrClFN3O4/c28-16-7-10-22(37-27(35)23-6-3-11-36-23)15(12-16)14-31-33-26(34)25-24(18-4-1-2-5-20(18)29)19-13-17(30)8-9-21(19)32-25/h1-14,32H,(H,33,34). The van der Waals surface area contributed by atoms with Gasteiger partial charge in [0.2, 0.25) is 5.76 Å². The van der Waals surface area contributed by atoms with Crippen molar-refractivity contribution in [2.45, 2.75) is 0 Å². The van der Waals surface area contributed by atoms with Crippen LogP contribution in [0, 0.1) is 5.82 Å². The molecule has 0 saturated carbocycles. The van der Waals surface area contributed by atoms with E-state index in [1.807, 2.05) is 0 Å². The van der Waals surface area contributed by atoms with Crippen molar-refractivity contribution in [2.75, 3.05) is 0 Å². The number of amides is 1. The number of rotatable bonds is 6. The van der Waals surface area contributed by atoms with Gasteiger partial charge in [0, 0.05) is 37.1 Å². The highest BCUT2D eigenvalue weighted by Gasteiger charge is 2.21. The Bertz CT molecular complexity index is 1660. The van der Waals surface area contributed by atoms with E-state index in [9.17, 15) is 14.0 Å². The van der Waals surface area contributed by atoms with E-state index in [1.54, 1.807) is 54.6 Å². The first-order valence-electron chi connectivity index (χ1n) is 10.9. The highest BCUT2D eigenvalue weighted by Crippen LogP contribution is 2.37. The maximum absolute atomic E-state index is 14.1. The summed E-state index contributed by atoms with van der Waals surface area (Å²) < 4.78 is 25.3. The average Bonchev–Trinajstić information content (AvgIpc) is 3.54. The molecular weight excluding hydrogens is 565 g/mol. The molecule has 0 bridgehead atoms. The lowest BCUT2D eigenvalue weighted by Crippen LogP contribution is -2.19. The Labute approximate surface area is 223 Å². The zero-order valence-electron chi connectivity index (χ0n) is 18.8. The Morgan fingerprint density at radius 3 is 2.70 bits per heavy atom. The summed E-state index contributed by atoms with van der Waals surface area (Å²) in [6.07, 6.45) is 2.70. The highest BCUT2D eigenvalue weighted by atomic mass is 79.9. The molecule has 5 aromatic rings. The van der Waals surface area contributed by atoms with Crippen LogP contribution in [-0.2, 0) is 0 Å². The number of aromatic nitrogens is 1. The van der Waals surface area contributed by atoms with Gasteiger partial charge in [0.15, 0.2) is 0 Å². The van der Waals surface area contributed by atoms with Crippen LogP contribution in [0.15, 0.2) is 93.1 Å². The van der Waals surface area contributed by atoms with E-state index < -0.39 is 17.7 Å². The summed E-state index contributed by atoms with van der Waals surface area (Å²) in [6, 6.07) is 19.2. The molecule has 1 amide bonds. The number of hydrazone groups is 1. The molecule has 184 valence electrons. The van der Waals surface area contributed by atoms with E-state index in [1.165, 1.54) is 30.7 Å². The number of nitrogens with one attached hydrogen (secondary N) is 2. The van der Waals surface area contributed by atoms with Gasteiger partial charge in [0.05, 0.1) is 12.5 Å². The molecule has 2 aromatic heterocycles. The number of H-pyrrole nitrogens is 1. The van der Waals surface area contributed by atoms with E-state index in [0.29, 0.717) is 37.1 Å². The first-order chi connectivity index (χ1) is 17.9. The van der Waals surface area contributed by atoms with E-state index in [-0.39, 0.29) is 17.2 Å². The highest BCUT2D eigenvalue weighted by molar-refractivity contribution is 9.10. The number of carbonyl (C=O) groups is 2. The quantitative estimate of drug-likeness (QED) is 0.0981. The van der Waals surface area contributed by atoms with Crippen LogP contribution in [0.4, 0.5) is 4.39 Å². The molecule has 37 heavy (non-hydrogen) atoms. The first-order valence-corrected chi connectivity index (χ1v) is 12.0. The van der Waals surface area contributed by atoms with Crippen molar-refractivity contribution in [3.05, 3.63) is 111 Å². The molecule has 0 fully saturated rings. The van der Waals surface area contributed by atoms with E-state index in [0.717, 1.165) is 0 Å². The number of nitrogens with zero attached hydrogens (tertiary/aromatic N) is 1. The van der Waals surface area contributed by atoms with Gasteiger partial charge >= 0.3 is 5.97 Å². The average molecular weight is 581 g/mol. The summed E-state index contributed by atoms with van der Waals surface area (Å²) >= 11 is 9.78. The lowest BCUT2D eigenvalue weighted by molar-refractivity contribution is 0.0700. The Morgan fingerprint density at radius 1 is 1.08 bits per heavy atom. The molecule has 10 heteroatoms. The molecule has 0 aliphatic rings. The molecule has 0 unspecified atom stereocenters. The molecule has 7 nitrogen and oxygen atoms in total. The minimum Gasteiger partial charge on any atom is -0.457 e. The molecule has 0 atom stereocenters. The van der Waals surface area contributed by atoms with Crippen LogP contribution in [0.1, 0.15) is 26.6 Å². The van der Waals surface area contributed by atoms with Gasteiger partial charge in [0.25, 0.3) is 5.91 Å². The van der Waals surface area contributed by atoms with Crippen molar-refractivity contribution in [3.8, 4) is 16.9 Å². The van der Waals surface area contributed by atoms with Gasteiger partial charge in [0.1, 0.15) is 17.3 Å². The number of halogens is 3. The minimum absolute atomic E-state index is 0.0430. The maximum Gasteiger partial charge on any atom is 0.379 e. The second kappa shape index (κ2) is 10.4. The smallest absolute Gasteiger partial charge is 0.379 e. The second-order valence-corrected chi connectivity index (χ2v) is 9.12. The summed E-state index contributed by atoms with van der Waals surface area (Å²) in [5, 5.41) is 4.95. The zero-order chi connectivity index (χ0) is 25.9. The lowest BCUT2D eigenvalue weighted by Gasteiger charge is -2.08. The van der Waals surface area contributed by atoms with Crippen LogP contribution >= 0.6 is 27.5 Å². The van der Waals surface area contributed by atoms with Crippen molar-refractivity contribution in [1.82, 2.24) is 10.4 Å². The fraction of sp³-hybridized carbons (Fsp3) is 0. The number of furan rings is 1. The first kappa shape index (κ1) is 24.5. The topological polar surface area (TPSA) is 96.7 Å². The Morgan fingerprint density at radius 2 is 1.92 bits per heavy atom. The van der Waals surface area contributed by atoms with Crippen LogP contribution in [0.25, 0.3) is 22.0 Å². The van der Waals surface area contributed by atoms with Crippen LogP contribution < -0.4 is 10.2 Å².